The lowest BCUT2D eigenvalue weighted by Gasteiger charge is -2.37. The zero-order valence-corrected chi connectivity index (χ0v) is 18.9. The van der Waals surface area contributed by atoms with Crippen molar-refractivity contribution in [3.05, 3.63) is 41.0 Å². The topological polar surface area (TPSA) is 135 Å². The molecule has 10 nitrogen and oxygen atoms in total. The van der Waals surface area contributed by atoms with E-state index >= 15 is 0 Å². The van der Waals surface area contributed by atoms with Crippen molar-refractivity contribution in [3.63, 3.8) is 0 Å². The van der Waals surface area contributed by atoms with E-state index in [1.165, 1.54) is 39.8 Å². The lowest BCUT2D eigenvalue weighted by molar-refractivity contribution is -0.134. The molecule has 0 fully saturated rings. The number of benzene rings is 2. The summed E-state index contributed by atoms with van der Waals surface area (Å²) >= 11 is 0. The molecule has 1 heterocycles. The first-order valence-electron chi connectivity index (χ1n) is 10.4. The first-order valence-corrected chi connectivity index (χ1v) is 10.4. The van der Waals surface area contributed by atoms with Gasteiger partial charge >= 0.3 is 23.9 Å². The number of esters is 4. The van der Waals surface area contributed by atoms with E-state index in [0.29, 0.717) is 16.7 Å². The maximum Gasteiger partial charge on any atom is 0.308 e. The standard InChI is InChI=1S/C24H22O10/c1-11(25)31-18-6-5-16-21-17-8-20(33-13(3)27)19(32-12(2)26)7-15(17)9-24(21,29)10-30-22(16)23(18)34-14(4)28/h5-8,21,29H,9-10H2,1-4H3/t21-,24+/m0/s1. The number of fused-ring (bicyclic) bond motifs is 5. The molecule has 1 N–H and O–H groups in total. The van der Waals surface area contributed by atoms with Crippen LogP contribution in [0.2, 0.25) is 0 Å². The Labute approximate surface area is 194 Å². The van der Waals surface area contributed by atoms with Gasteiger partial charge in [0, 0.05) is 45.6 Å². The Morgan fingerprint density at radius 1 is 0.824 bits per heavy atom. The van der Waals surface area contributed by atoms with Crippen molar-refractivity contribution < 1.29 is 48.0 Å². The number of hydrogen-bond acceptors (Lipinski definition) is 10. The van der Waals surface area contributed by atoms with Gasteiger partial charge in [-0.25, -0.2) is 0 Å². The molecule has 0 spiro atoms. The summed E-state index contributed by atoms with van der Waals surface area (Å²) in [5.41, 5.74) is 0.379. The summed E-state index contributed by atoms with van der Waals surface area (Å²) in [6.45, 7) is 4.68. The summed E-state index contributed by atoms with van der Waals surface area (Å²) in [7, 11) is 0. The molecule has 0 bridgehead atoms. The zero-order chi connectivity index (χ0) is 24.8. The van der Waals surface area contributed by atoms with Crippen molar-refractivity contribution in [2.45, 2.75) is 45.6 Å². The van der Waals surface area contributed by atoms with Crippen LogP contribution in [0.1, 0.15) is 50.3 Å². The van der Waals surface area contributed by atoms with Crippen LogP contribution in [0, 0.1) is 0 Å². The zero-order valence-electron chi connectivity index (χ0n) is 18.9. The van der Waals surface area contributed by atoms with Gasteiger partial charge in [-0.1, -0.05) is 6.07 Å². The van der Waals surface area contributed by atoms with E-state index < -0.39 is 35.4 Å². The van der Waals surface area contributed by atoms with E-state index in [-0.39, 0.29) is 41.8 Å². The van der Waals surface area contributed by atoms with Gasteiger partial charge in [-0.3, -0.25) is 19.2 Å². The molecule has 0 amide bonds. The second kappa shape index (κ2) is 8.45. The van der Waals surface area contributed by atoms with E-state index in [9.17, 15) is 24.3 Å². The predicted molar refractivity (Wildman–Crippen MR) is 114 cm³/mol. The molecule has 2 aromatic carbocycles. The SMILES string of the molecule is CC(=O)Oc1cc2c(cc1OC(C)=O)[C@@H]1c3ccc(OC(C)=O)c(OC(C)=O)c3OC[C@]1(O)C2. The fourth-order valence-corrected chi connectivity index (χ4v) is 4.43. The highest BCUT2D eigenvalue weighted by molar-refractivity contribution is 5.77. The predicted octanol–water partition coefficient (Wildman–Crippen LogP) is 2.20. The quantitative estimate of drug-likeness (QED) is 0.523. The Morgan fingerprint density at radius 3 is 1.97 bits per heavy atom. The average Bonchev–Trinajstić information content (AvgIpc) is 2.99. The highest BCUT2D eigenvalue weighted by Crippen LogP contribution is 2.56. The number of hydrogen-bond donors (Lipinski definition) is 1. The molecule has 2 aromatic rings. The van der Waals surface area contributed by atoms with Gasteiger partial charge in [-0.05, 0) is 29.3 Å². The fourth-order valence-electron chi connectivity index (χ4n) is 4.43. The van der Waals surface area contributed by atoms with Gasteiger partial charge in [0.2, 0.25) is 5.75 Å². The molecule has 34 heavy (non-hydrogen) atoms. The highest BCUT2D eigenvalue weighted by atomic mass is 16.6. The summed E-state index contributed by atoms with van der Waals surface area (Å²) in [4.78, 5) is 46.5. The Kier molecular flexibility index (Phi) is 5.78. The second-order valence-electron chi connectivity index (χ2n) is 8.19. The van der Waals surface area contributed by atoms with Gasteiger partial charge in [0.05, 0.1) is 0 Å². The molecule has 0 saturated carbocycles. The summed E-state index contributed by atoms with van der Waals surface area (Å²) in [5.74, 6) is -2.99. The number of carbonyl (C=O) groups is 4. The minimum absolute atomic E-state index is 0.00378. The maximum absolute atomic E-state index is 11.7. The Morgan fingerprint density at radius 2 is 1.38 bits per heavy atom. The summed E-state index contributed by atoms with van der Waals surface area (Å²) < 4.78 is 26.8. The monoisotopic (exact) mass is 470 g/mol. The number of ether oxygens (including phenoxy) is 5. The molecule has 178 valence electrons. The first-order chi connectivity index (χ1) is 16.0. The largest absolute Gasteiger partial charge is 0.486 e. The van der Waals surface area contributed by atoms with Gasteiger partial charge in [0.15, 0.2) is 23.0 Å². The molecule has 1 aliphatic carbocycles. The molecule has 10 heteroatoms. The van der Waals surface area contributed by atoms with E-state index in [0.717, 1.165) is 0 Å². The fraction of sp³-hybridized carbons (Fsp3) is 0.333. The summed E-state index contributed by atoms with van der Waals surface area (Å²) in [6, 6.07) is 6.14. The Bertz CT molecular complexity index is 1230. The minimum Gasteiger partial charge on any atom is -0.486 e. The van der Waals surface area contributed by atoms with Crippen molar-refractivity contribution in [1.82, 2.24) is 0 Å². The molecular formula is C24H22O10. The van der Waals surface area contributed by atoms with E-state index in [1.54, 1.807) is 12.1 Å². The molecule has 0 unspecified atom stereocenters. The highest BCUT2D eigenvalue weighted by Gasteiger charge is 2.51. The average molecular weight is 470 g/mol. The van der Waals surface area contributed by atoms with Crippen LogP contribution < -0.4 is 23.7 Å². The van der Waals surface area contributed by atoms with E-state index in [2.05, 4.69) is 0 Å². The van der Waals surface area contributed by atoms with Crippen LogP contribution in [0.5, 0.6) is 28.7 Å². The molecule has 1 aliphatic heterocycles. The third-order valence-electron chi connectivity index (χ3n) is 5.44. The van der Waals surface area contributed by atoms with Crippen molar-refractivity contribution in [3.8, 4) is 28.7 Å². The van der Waals surface area contributed by atoms with Crippen LogP contribution in [0.4, 0.5) is 0 Å². The van der Waals surface area contributed by atoms with Gasteiger partial charge in [0.1, 0.15) is 12.2 Å². The second-order valence-corrected chi connectivity index (χ2v) is 8.19. The van der Waals surface area contributed by atoms with Crippen LogP contribution in [0.15, 0.2) is 24.3 Å². The van der Waals surface area contributed by atoms with Crippen molar-refractivity contribution in [1.29, 1.82) is 0 Å². The third-order valence-corrected chi connectivity index (χ3v) is 5.44. The van der Waals surface area contributed by atoms with Crippen LogP contribution in [0.3, 0.4) is 0 Å². The lowest BCUT2D eigenvalue weighted by atomic mass is 9.80. The Hall–Kier alpha value is -3.92. The minimum atomic E-state index is -1.38. The smallest absolute Gasteiger partial charge is 0.308 e. The van der Waals surface area contributed by atoms with Gasteiger partial charge in [0.25, 0.3) is 0 Å². The number of aliphatic hydroxyl groups is 1. The number of rotatable bonds is 4. The molecule has 0 saturated heterocycles. The van der Waals surface area contributed by atoms with Gasteiger partial charge < -0.3 is 28.8 Å². The van der Waals surface area contributed by atoms with Gasteiger partial charge in [-0.15, -0.1) is 0 Å². The number of carbonyl (C=O) groups excluding carboxylic acids is 4. The van der Waals surface area contributed by atoms with Crippen molar-refractivity contribution in [2.75, 3.05) is 6.61 Å². The van der Waals surface area contributed by atoms with Crippen molar-refractivity contribution in [2.24, 2.45) is 0 Å². The van der Waals surface area contributed by atoms with Crippen molar-refractivity contribution >= 4 is 23.9 Å². The molecule has 2 atom stereocenters. The lowest BCUT2D eigenvalue weighted by Crippen LogP contribution is -2.44. The van der Waals surface area contributed by atoms with Crippen LogP contribution in [-0.2, 0) is 25.6 Å². The van der Waals surface area contributed by atoms with E-state index in [1.807, 2.05) is 0 Å². The van der Waals surface area contributed by atoms with Crippen LogP contribution >= 0.6 is 0 Å². The molecular weight excluding hydrogens is 448 g/mol. The van der Waals surface area contributed by atoms with E-state index in [4.69, 9.17) is 23.7 Å². The normalized spacial score (nSPS) is 19.6. The summed E-state index contributed by atoms with van der Waals surface area (Å²) in [6.07, 6.45) is 0.162. The van der Waals surface area contributed by atoms with Crippen LogP contribution in [0.25, 0.3) is 0 Å². The molecule has 0 radical (unpaired) electrons. The van der Waals surface area contributed by atoms with Gasteiger partial charge in [-0.2, -0.15) is 0 Å². The Balaban J connectivity index is 1.89. The molecule has 2 aliphatic rings. The third kappa shape index (κ3) is 4.19. The maximum atomic E-state index is 11.7. The summed E-state index contributed by atoms with van der Waals surface area (Å²) in [5, 5.41) is 11.5. The first kappa shape index (κ1) is 23.2. The molecule has 0 aromatic heterocycles. The van der Waals surface area contributed by atoms with Crippen LogP contribution in [-0.4, -0.2) is 41.2 Å². The molecule has 4 rings (SSSR count).